The van der Waals surface area contributed by atoms with Gasteiger partial charge in [0.05, 0.1) is 24.4 Å². The van der Waals surface area contributed by atoms with E-state index in [0.29, 0.717) is 24.8 Å². The number of aliphatic hydroxyl groups is 1. The van der Waals surface area contributed by atoms with Gasteiger partial charge >= 0.3 is 0 Å². The van der Waals surface area contributed by atoms with E-state index in [-0.39, 0.29) is 24.0 Å². The van der Waals surface area contributed by atoms with Crippen LogP contribution in [-0.2, 0) is 0 Å². The summed E-state index contributed by atoms with van der Waals surface area (Å²) < 4.78 is 1.78. The van der Waals surface area contributed by atoms with Gasteiger partial charge in [0.15, 0.2) is 5.69 Å². The predicted molar refractivity (Wildman–Crippen MR) is 89.5 cm³/mol. The minimum absolute atomic E-state index is 0.266. The van der Waals surface area contributed by atoms with E-state index in [1.807, 2.05) is 0 Å². The normalized spacial score (nSPS) is 31.5. The third-order valence-corrected chi connectivity index (χ3v) is 5.22. The molecule has 8 nitrogen and oxygen atoms in total. The molecule has 0 spiro atoms. The fourth-order valence-corrected chi connectivity index (χ4v) is 3.55. The number of β-amino-alcohol motifs (C(OH)–C–C–N with tert-alkyl or cyclic N) is 1. The summed E-state index contributed by atoms with van der Waals surface area (Å²) in [4.78, 5) is 14.5. The first-order chi connectivity index (χ1) is 11.4. The summed E-state index contributed by atoms with van der Waals surface area (Å²) in [5.74, 6) is -0.275. The van der Waals surface area contributed by atoms with E-state index in [1.54, 1.807) is 10.9 Å². The van der Waals surface area contributed by atoms with Crippen molar-refractivity contribution in [2.24, 2.45) is 5.73 Å². The Labute approximate surface area is 142 Å². The van der Waals surface area contributed by atoms with E-state index in [1.165, 1.54) is 0 Å². The van der Waals surface area contributed by atoms with Gasteiger partial charge in [0.2, 0.25) is 0 Å². The Morgan fingerprint density at radius 2 is 2.04 bits per heavy atom. The molecule has 24 heavy (non-hydrogen) atoms. The molecule has 0 aromatic carbocycles. The maximum absolute atomic E-state index is 12.4. The van der Waals surface area contributed by atoms with Gasteiger partial charge in [-0.1, -0.05) is 5.21 Å². The monoisotopic (exact) mass is 336 g/mol. The summed E-state index contributed by atoms with van der Waals surface area (Å²) >= 11 is 0. The van der Waals surface area contributed by atoms with E-state index < -0.39 is 6.10 Å². The Morgan fingerprint density at radius 3 is 2.67 bits per heavy atom. The molecule has 1 aliphatic carbocycles. The van der Waals surface area contributed by atoms with Crippen molar-refractivity contribution in [3.05, 3.63) is 11.9 Å². The predicted octanol–water partition coefficient (Wildman–Crippen LogP) is -0.0962. The van der Waals surface area contributed by atoms with Crippen LogP contribution in [0.25, 0.3) is 0 Å². The number of rotatable bonds is 4. The standard InChI is InChI=1S/C16H28N6O2/c1-10(2)21-7-13(15(23)9-21)18-16(24)14-8-22(20-19-14)12-5-3-11(17)4-6-12/h8,10-13,15,23H,3-7,9,17H2,1-2H3,(H,18,24)/t11?,12?,13-,15-/m0/s1. The largest absolute Gasteiger partial charge is 0.390 e. The van der Waals surface area contributed by atoms with Gasteiger partial charge in [-0.3, -0.25) is 9.69 Å². The molecular formula is C16H28N6O2. The van der Waals surface area contributed by atoms with E-state index in [2.05, 4.69) is 34.4 Å². The highest BCUT2D eigenvalue weighted by Crippen LogP contribution is 2.26. The fraction of sp³-hybridized carbons (Fsp3) is 0.812. The lowest BCUT2D eigenvalue weighted by Crippen LogP contribution is -2.43. The molecule has 2 heterocycles. The summed E-state index contributed by atoms with van der Waals surface area (Å²) in [6, 6.07) is 0.630. The molecule has 8 heteroatoms. The van der Waals surface area contributed by atoms with Crippen molar-refractivity contribution >= 4 is 5.91 Å². The second-order valence-corrected chi connectivity index (χ2v) is 7.35. The molecule has 134 valence electrons. The molecule has 4 N–H and O–H groups in total. The van der Waals surface area contributed by atoms with E-state index in [4.69, 9.17) is 5.73 Å². The number of likely N-dealkylation sites (tertiary alicyclic amines) is 1. The van der Waals surface area contributed by atoms with Gasteiger partial charge in [-0.05, 0) is 39.5 Å². The molecule has 1 saturated carbocycles. The fourth-order valence-electron chi connectivity index (χ4n) is 3.55. The summed E-state index contributed by atoms with van der Waals surface area (Å²) in [7, 11) is 0. The maximum atomic E-state index is 12.4. The Hall–Kier alpha value is -1.51. The van der Waals surface area contributed by atoms with Gasteiger partial charge in [0, 0.05) is 25.2 Å². The second kappa shape index (κ2) is 7.16. The zero-order valence-electron chi connectivity index (χ0n) is 14.4. The molecular weight excluding hydrogens is 308 g/mol. The van der Waals surface area contributed by atoms with Crippen molar-refractivity contribution in [2.45, 2.75) is 69.8 Å². The van der Waals surface area contributed by atoms with Crippen molar-refractivity contribution in [3.63, 3.8) is 0 Å². The molecule has 2 aliphatic rings. The number of nitrogens with one attached hydrogen (secondary N) is 1. The van der Waals surface area contributed by atoms with Crippen LogP contribution in [0, 0.1) is 0 Å². The van der Waals surface area contributed by atoms with Gasteiger partial charge in [0.25, 0.3) is 5.91 Å². The van der Waals surface area contributed by atoms with Gasteiger partial charge in [0.1, 0.15) is 0 Å². The average Bonchev–Trinajstić information content (AvgIpc) is 3.16. The lowest BCUT2D eigenvalue weighted by Gasteiger charge is -2.25. The van der Waals surface area contributed by atoms with Crippen molar-refractivity contribution in [1.82, 2.24) is 25.2 Å². The SMILES string of the molecule is CC(C)N1C[C@H](NC(=O)c2cn(C3CCC(N)CC3)nn2)[C@@H](O)C1. The number of amides is 1. The van der Waals surface area contributed by atoms with Crippen LogP contribution in [-0.4, -0.2) is 68.2 Å². The van der Waals surface area contributed by atoms with Crippen LogP contribution in [0.4, 0.5) is 0 Å². The number of carbonyl (C=O) groups is 1. The summed E-state index contributed by atoms with van der Waals surface area (Å²) in [6.07, 6.45) is 5.05. The molecule has 0 bridgehead atoms. The van der Waals surface area contributed by atoms with Crippen LogP contribution in [0.5, 0.6) is 0 Å². The van der Waals surface area contributed by atoms with Crippen molar-refractivity contribution in [2.75, 3.05) is 13.1 Å². The first kappa shape index (κ1) is 17.3. The van der Waals surface area contributed by atoms with Gasteiger partial charge < -0.3 is 16.2 Å². The zero-order valence-corrected chi connectivity index (χ0v) is 14.4. The number of hydrogen-bond donors (Lipinski definition) is 3. The number of carbonyl (C=O) groups excluding carboxylic acids is 1. The van der Waals surface area contributed by atoms with E-state index >= 15 is 0 Å². The van der Waals surface area contributed by atoms with Crippen LogP contribution < -0.4 is 11.1 Å². The highest BCUT2D eigenvalue weighted by molar-refractivity contribution is 5.92. The third-order valence-electron chi connectivity index (χ3n) is 5.22. The average molecular weight is 336 g/mol. The lowest BCUT2D eigenvalue weighted by molar-refractivity contribution is 0.0883. The van der Waals surface area contributed by atoms with E-state index in [9.17, 15) is 9.90 Å². The van der Waals surface area contributed by atoms with Crippen molar-refractivity contribution in [3.8, 4) is 0 Å². The van der Waals surface area contributed by atoms with Crippen LogP contribution in [0.1, 0.15) is 56.1 Å². The van der Waals surface area contributed by atoms with Gasteiger partial charge in [-0.2, -0.15) is 0 Å². The molecule has 2 atom stereocenters. The minimum Gasteiger partial charge on any atom is -0.390 e. The first-order valence-corrected chi connectivity index (χ1v) is 8.84. The quantitative estimate of drug-likeness (QED) is 0.709. The van der Waals surface area contributed by atoms with Crippen LogP contribution in [0.2, 0.25) is 0 Å². The number of aliphatic hydroxyl groups excluding tert-OH is 1. The smallest absolute Gasteiger partial charge is 0.273 e. The first-order valence-electron chi connectivity index (χ1n) is 8.84. The Balaban J connectivity index is 1.58. The Morgan fingerprint density at radius 1 is 1.33 bits per heavy atom. The summed E-state index contributed by atoms with van der Waals surface area (Å²) in [6.45, 7) is 5.40. The van der Waals surface area contributed by atoms with Gasteiger partial charge in [-0.25, -0.2) is 4.68 Å². The third kappa shape index (κ3) is 3.76. The zero-order chi connectivity index (χ0) is 17.3. The molecule has 3 rings (SSSR count). The molecule has 1 aromatic heterocycles. The number of aromatic nitrogens is 3. The topological polar surface area (TPSA) is 109 Å². The van der Waals surface area contributed by atoms with Crippen LogP contribution in [0.3, 0.4) is 0 Å². The van der Waals surface area contributed by atoms with Crippen LogP contribution in [0.15, 0.2) is 6.20 Å². The molecule has 1 aromatic rings. The number of hydrogen-bond acceptors (Lipinski definition) is 6. The lowest BCUT2D eigenvalue weighted by atomic mass is 9.92. The molecule has 1 saturated heterocycles. The second-order valence-electron chi connectivity index (χ2n) is 7.35. The highest BCUT2D eigenvalue weighted by atomic mass is 16.3. The summed E-state index contributed by atoms with van der Waals surface area (Å²) in [5, 5.41) is 21.1. The van der Waals surface area contributed by atoms with Crippen molar-refractivity contribution < 1.29 is 9.90 Å². The number of nitrogens with two attached hydrogens (primary N) is 1. The Kier molecular flexibility index (Phi) is 5.17. The molecule has 0 radical (unpaired) electrons. The molecule has 2 fully saturated rings. The van der Waals surface area contributed by atoms with Crippen LogP contribution >= 0.6 is 0 Å². The highest BCUT2D eigenvalue weighted by Gasteiger charge is 2.34. The molecule has 1 aliphatic heterocycles. The van der Waals surface area contributed by atoms with Gasteiger partial charge in [-0.15, -0.1) is 5.10 Å². The summed E-state index contributed by atoms with van der Waals surface area (Å²) in [5.41, 5.74) is 6.23. The maximum Gasteiger partial charge on any atom is 0.273 e. The van der Waals surface area contributed by atoms with Crippen molar-refractivity contribution in [1.29, 1.82) is 0 Å². The minimum atomic E-state index is -0.550. The Bertz CT molecular complexity index is 567. The number of nitrogens with zero attached hydrogens (tertiary/aromatic N) is 4. The molecule has 0 unspecified atom stereocenters. The van der Waals surface area contributed by atoms with E-state index in [0.717, 1.165) is 25.7 Å². The molecule has 1 amide bonds.